The van der Waals surface area contributed by atoms with Crippen LogP contribution in [-0.4, -0.2) is 30.1 Å². The zero-order valence-electron chi connectivity index (χ0n) is 12.8. The third-order valence-electron chi connectivity index (χ3n) is 4.42. The number of hydrogen-bond acceptors (Lipinski definition) is 3. The first-order chi connectivity index (χ1) is 9.80. The van der Waals surface area contributed by atoms with Gasteiger partial charge in [0.1, 0.15) is 11.9 Å². The summed E-state index contributed by atoms with van der Waals surface area (Å²) in [4.78, 5) is 2.54. The highest BCUT2D eigenvalue weighted by Gasteiger charge is 2.30. The van der Waals surface area contributed by atoms with E-state index in [0.29, 0.717) is 18.7 Å². The molecule has 112 valence electrons. The minimum Gasteiger partial charge on any atom is -0.488 e. The van der Waals surface area contributed by atoms with Gasteiger partial charge in [0, 0.05) is 18.2 Å². The van der Waals surface area contributed by atoms with Crippen molar-refractivity contribution in [3.8, 4) is 5.75 Å². The van der Waals surface area contributed by atoms with Crippen LogP contribution in [0.2, 0.25) is 0 Å². The summed E-state index contributed by atoms with van der Waals surface area (Å²) < 4.78 is 6.35. The van der Waals surface area contributed by atoms with Crippen molar-refractivity contribution in [3.63, 3.8) is 0 Å². The van der Waals surface area contributed by atoms with Gasteiger partial charge in [0.25, 0.3) is 0 Å². The van der Waals surface area contributed by atoms with E-state index in [1.165, 1.54) is 19.3 Å². The fourth-order valence-corrected chi connectivity index (χ4v) is 3.28. The van der Waals surface area contributed by atoms with Gasteiger partial charge in [0.05, 0.1) is 0 Å². The van der Waals surface area contributed by atoms with E-state index < -0.39 is 0 Å². The molecule has 3 heteroatoms. The molecule has 3 nitrogen and oxygen atoms in total. The van der Waals surface area contributed by atoms with E-state index in [-0.39, 0.29) is 0 Å². The standard InChI is InChI=1S/C17H28N2O/c1-3-19(4-2)15-10-6-8-12-17(15)20-16-11-7-5-9-14(16)13-18/h5,7,9,11,15,17H,3-4,6,8,10,12-13,18H2,1-2H3. The Labute approximate surface area is 123 Å². The highest BCUT2D eigenvalue weighted by molar-refractivity contribution is 5.33. The molecule has 1 saturated carbocycles. The van der Waals surface area contributed by atoms with Crippen molar-refractivity contribution in [2.45, 2.75) is 58.2 Å². The number of nitrogens with zero attached hydrogens (tertiary/aromatic N) is 1. The van der Waals surface area contributed by atoms with Gasteiger partial charge in [-0.1, -0.05) is 38.5 Å². The summed E-state index contributed by atoms with van der Waals surface area (Å²) in [5, 5.41) is 0. The number of benzene rings is 1. The molecule has 2 N–H and O–H groups in total. The van der Waals surface area contributed by atoms with Gasteiger partial charge < -0.3 is 10.5 Å². The summed E-state index contributed by atoms with van der Waals surface area (Å²) in [6, 6.07) is 8.71. The first-order valence-electron chi connectivity index (χ1n) is 7.98. The third kappa shape index (κ3) is 3.53. The average molecular weight is 276 g/mol. The van der Waals surface area contributed by atoms with E-state index in [9.17, 15) is 0 Å². The maximum absolute atomic E-state index is 6.35. The van der Waals surface area contributed by atoms with Gasteiger partial charge in [-0.05, 0) is 38.4 Å². The van der Waals surface area contributed by atoms with E-state index in [1.54, 1.807) is 0 Å². The summed E-state index contributed by atoms with van der Waals surface area (Å²) in [6.45, 7) is 7.21. The van der Waals surface area contributed by atoms with Crippen molar-refractivity contribution in [3.05, 3.63) is 29.8 Å². The van der Waals surface area contributed by atoms with Gasteiger partial charge in [-0.3, -0.25) is 4.90 Å². The van der Waals surface area contributed by atoms with Crippen molar-refractivity contribution in [1.82, 2.24) is 4.90 Å². The zero-order chi connectivity index (χ0) is 14.4. The molecule has 0 amide bonds. The lowest BCUT2D eigenvalue weighted by Crippen LogP contribution is -2.47. The Morgan fingerprint density at radius 2 is 1.85 bits per heavy atom. The second-order valence-corrected chi connectivity index (χ2v) is 5.54. The molecule has 0 radical (unpaired) electrons. The molecule has 0 aliphatic heterocycles. The summed E-state index contributed by atoms with van der Waals surface area (Å²) in [6.07, 6.45) is 5.29. The minimum atomic E-state index is 0.302. The minimum absolute atomic E-state index is 0.302. The van der Waals surface area contributed by atoms with Gasteiger partial charge >= 0.3 is 0 Å². The largest absolute Gasteiger partial charge is 0.488 e. The third-order valence-corrected chi connectivity index (χ3v) is 4.42. The molecule has 2 unspecified atom stereocenters. The average Bonchev–Trinajstić information content (AvgIpc) is 2.50. The van der Waals surface area contributed by atoms with Crippen molar-refractivity contribution < 1.29 is 4.74 Å². The van der Waals surface area contributed by atoms with Crippen LogP contribution in [-0.2, 0) is 6.54 Å². The van der Waals surface area contributed by atoms with Crippen LogP contribution in [0.5, 0.6) is 5.75 Å². The number of hydrogen-bond donors (Lipinski definition) is 1. The molecule has 1 aromatic carbocycles. The molecule has 1 aliphatic carbocycles. The van der Waals surface area contributed by atoms with Crippen LogP contribution < -0.4 is 10.5 Å². The van der Waals surface area contributed by atoms with Crippen LogP contribution in [0.3, 0.4) is 0 Å². The van der Waals surface area contributed by atoms with Gasteiger partial charge in [-0.15, -0.1) is 0 Å². The molecule has 2 atom stereocenters. The van der Waals surface area contributed by atoms with Gasteiger partial charge in [0.2, 0.25) is 0 Å². The number of nitrogens with two attached hydrogens (primary N) is 1. The van der Waals surface area contributed by atoms with Gasteiger partial charge in [-0.25, -0.2) is 0 Å². The number of likely N-dealkylation sites (N-methyl/N-ethyl adjacent to an activating group) is 1. The molecule has 0 spiro atoms. The normalized spacial score (nSPS) is 23.0. The van der Waals surface area contributed by atoms with Crippen LogP contribution in [0, 0.1) is 0 Å². The molecular weight excluding hydrogens is 248 g/mol. The topological polar surface area (TPSA) is 38.5 Å². The van der Waals surface area contributed by atoms with Crippen LogP contribution in [0.4, 0.5) is 0 Å². The molecule has 1 aliphatic rings. The van der Waals surface area contributed by atoms with Gasteiger partial charge in [-0.2, -0.15) is 0 Å². The second kappa shape index (κ2) is 7.65. The van der Waals surface area contributed by atoms with Crippen molar-refractivity contribution in [1.29, 1.82) is 0 Å². The zero-order valence-corrected chi connectivity index (χ0v) is 12.8. The second-order valence-electron chi connectivity index (χ2n) is 5.54. The Hall–Kier alpha value is -1.06. The molecule has 0 heterocycles. The fraction of sp³-hybridized carbons (Fsp3) is 0.647. The van der Waals surface area contributed by atoms with E-state index in [4.69, 9.17) is 10.5 Å². The summed E-state index contributed by atoms with van der Waals surface area (Å²) in [5.74, 6) is 0.971. The summed E-state index contributed by atoms with van der Waals surface area (Å²) in [5.41, 5.74) is 6.92. The Morgan fingerprint density at radius 1 is 1.15 bits per heavy atom. The van der Waals surface area contributed by atoms with Crippen LogP contribution in [0.15, 0.2) is 24.3 Å². The smallest absolute Gasteiger partial charge is 0.124 e. The van der Waals surface area contributed by atoms with Crippen molar-refractivity contribution in [2.75, 3.05) is 13.1 Å². The Morgan fingerprint density at radius 3 is 2.55 bits per heavy atom. The van der Waals surface area contributed by atoms with Crippen LogP contribution >= 0.6 is 0 Å². The molecule has 2 rings (SSSR count). The maximum Gasteiger partial charge on any atom is 0.124 e. The molecular formula is C17H28N2O. The predicted molar refractivity (Wildman–Crippen MR) is 83.9 cm³/mol. The van der Waals surface area contributed by atoms with Crippen molar-refractivity contribution >= 4 is 0 Å². The summed E-state index contributed by atoms with van der Waals surface area (Å²) >= 11 is 0. The molecule has 0 aromatic heterocycles. The van der Waals surface area contributed by atoms with E-state index in [2.05, 4.69) is 30.9 Å². The van der Waals surface area contributed by atoms with E-state index >= 15 is 0 Å². The predicted octanol–water partition coefficient (Wildman–Crippen LogP) is 3.18. The van der Waals surface area contributed by atoms with Gasteiger partial charge in [0.15, 0.2) is 0 Å². The lowest BCUT2D eigenvalue weighted by Gasteiger charge is -2.39. The molecule has 1 fully saturated rings. The lowest BCUT2D eigenvalue weighted by atomic mass is 9.91. The Kier molecular flexibility index (Phi) is 5.86. The van der Waals surface area contributed by atoms with Crippen molar-refractivity contribution in [2.24, 2.45) is 5.73 Å². The molecule has 20 heavy (non-hydrogen) atoms. The Bertz CT molecular complexity index is 404. The van der Waals surface area contributed by atoms with E-state index in [0.717, 1.165) is 30.8 Å². The molecule has 1 aromatic rings. The summed E-state index contributed by atoms with van der Waals surface area (Å²) in [7, 11) is 0. The highest BCUT2D eigenvalue weighted by atomic mass is 16.5. The first kappa shape index (κ1) is 15.3. The lowest BCUT2D eigenvalue weighted by molar-refractivity contribution is 0.0407. The molecule has 0 saturated heterocycles. The number of rotatable bonds is 6. The highest BCUT2D eigenvalue weighted by Crippen LogP contribution is 2.28. The first-order valence-corrected chi connectivity index (χ1v) is 7.98. The number of para-hydroxylation sites is 1. The van der Waals surface area contributed by atoms with E-state index in [1.807, 2.05) is 12.1 Å². The fourth-order valence-electron chi connectivity index (χ4n) is 3.28. The quantitative estimate of drug-likeness (QED) is 0.867. The number of ether oxygens (including phenoxy) is 1. The Balaban J connectivity index is 2.12. The molecule has 0 bridgehead atoms. The van der Waals surface area contributed by atoms with Crippen LogP contribution in [0.25, 0.3) is 0 Å². The SMILES string of the molecule is CCN(CC)C1CCCCC1Oc1ccccc1CN. The van der Waals surface area contributed by atoms with Crippen LogP contribution in [0.1, 0.15) is 45.1 Å². The maximum atomic E-state index is 6.35. The monoisotopic (exact) mass is 276 g/mol.